The summed E-state index contributed by atoms with van der Waals surface area (Å²) in [5, 5.41) is 13.1. The van der Waals surface area contributed by atoms with E-state index in [9.17, 15) is 4.79 Å². The first-order valence-corrected chi connectivity index (χ1v) is 9.67. The fourth-order valence-electron chi connectivity index (χ4n) is 3.33. The van der Waals surface area contributed by atoms with Gasteiger partial charge in [-0.05, 0) is 43.1 Å². The lowest BCUT2D eigenvalue weighted by Gasteiger charge is -2.31. The molecule has 1 fully saturated rings. The van der Waals surface area contributed by atoms with Gasteiger partial charge in [-0.25, -0.2) is 4.98 Å². The number of thiazole rings is 1. The highest BCUT2D eigenvalue weighted by atomic mass is 32.1. The summed E-state index contributed by atoms with van der Waals surface area (Å²) in [5.41, 5.74) is 2.84. The van der Waals surface area contributed by atoms with Gasteiger partial charge in [-0.3, -0.25) is 14.8 Å². The Bertz CT molecular complexity index is 829. The Kier molecular flexibility index (Phi) is 5.08. The van der Waals surface area contributed by atoms with E-state index in [0.29, 0.717) is 0 Å². The van der Waals surface area contributed by atoms with Crippen molar-refractivity contribution in [2.75, 3.05) is 18.4 Å². The van der Waals surface area contributed by atoms with Crippen molar-refractivity contribution in [1.82, 2.24) is 20.1 Å². The lowest BCUT2D eigenvalue weighted by atomic mass is 9.97. The summed E-state index contributed by atoms with van der Waals surface area (Å²) in [4.78, 5) is 19.3. The quantitative estimate of drug-likeness (QED) is 0.725. The largest absolute Gasteiger partial charge is 0.326 e. The number of nitrogens with one attached hydrogen (secondary N) is 2. The van der Waals surface area contributed by atoms with Crippen LogP contribution in [0.2, 0.25) is 0 Å². The van der Waals surface area contributed by atoms with Crippen molar-refractivity contribution in [3.63, 3.8) is 0 Å². The predicted octanol–water partition coefficient (Wildman–Crippen LogP) is 3.38. The number of carbonyl (C=O) groups excluding carboxylic acids is 1. The Labute approximate surface area is 156 Å². The van der Waals surface area contributed by atoms with Gasteiger partial charge in [0.15, 0.2) is 0 Å². The maximum absolute atomic E-state index is 12.7. The number of hydrogen-bond acceptors (Lipinski definition) is 5. The molecule has 6 nitrogen and oxygen atoms in total. The minimum absolute atomic E-state index is 0.0241. The minimum atomic E-state index is 0.0241. The molecule has 0 radical (unpaired) electrons. The van der Waals surface area contributed by atoms with E-state index in [0.717, 1.165) is 54.4 Å². The van der Waals surface area contributed by atoms with Crippen LogP contribution in [0.1, 0.15) is 17.8 Å². The zero-order chi connectivity index (χ0) is 17.8. The van der Waals surface area contributed by atoms with Gasteiger partial charge in [-0.2, -0.15) is 5.10 Å². The van der Waals surface area contributed by atoms with Crippen molar-refractivity contribution in [3.8, 4) is 11.3 Å². The summed E-state index contributed by atoms with van der Waals surface area (Å²) in [7, 11) is 0. The Morgan fingerprint density at radius 3 is 2.88 bits per heavy atom. The number of hydrogen-bond donors (Lipinski definition) is 2. The van der Waals surface area contributed by atoms with Crippen LogP contribution in [0, 0.1) is 5.92 Å². The number of amides is 1. The number of likely N-dealkylation sites (tertiary alicyclic amines) is 1. The molecule has 0 spiro atoms. The maximum atomic E-state index is 12.7. The first kappa shape index (κ1) is 16.9. The van der Waals surface area contributed by atoms with Gasteiger partial charge in [0.25, 0.3) is 0 Å². The molecule has 134 valence electrons. The van der Waals surface area contributed by atoms with Crippen LogP contribution in [0.5, 0.6) is 0 Å². The molecule has 1 atom stereocenters. The number of anilines is 1. The fourth-order valence-corrected chi connectivity index (χ4v) is 3.99. The Balaban J connectivity index is 1.35. The number of carbonyl (C=O) groups is 1. The van der Waals surface area contributed by atoms with Crippen LogP contribution in [0.4, 0.5) is 5.69 Å². The van der Waals surface area contributed by atoms with Crippen LogP contribution in [-0.2, 0) is 11.3 Å². The van der Waals surface area contributed by atoms with Gasteiger partial charge in [-0.15, -0.1) is 11.3 Å². The van der Waals surface area contributed by atoms with Crippen molar-refractivity contribution >= 4 is 22.9 Å². The minimum Gasteiger partial charge on any atom is -0.326 e. The lowest BCUT2D eigenvalue weighted by molar-refractivity contribution is -0.121. The summed E-state index contributed by atoms with van der Waals surface area (Å²) < 4.78 is 0. The van der Waals surface area contributed by atoms with Crippen molar-refractivity contribution in [3.05, 3.63) is 53.1 Å². The summed E-state index contributed by atoms with van der Waals surface area (Å²) in [5.74, 6) is 0.124. The number of rotatable bonds is 5. The predicted molar refractivity (Wildman–Crippen MR) is 103 cm³/mol. The van der Waals surface area contributed by atoms with E-state index in [1.807, 2.05) is 41.9 Å². The maximum Gasteiger partial charge on any atom is 0.228 e. The number of H-pyrrole nitrogens is 1. The zero-order valence-electron chi connectivity index (χ0n) is 14.4. The molecule has 26 heavy (non-hydrogen) atoms. The summed E-state index contributed by atoms with van der Waals surface area (Å²) >= 11 is 1.67. The first-order chi connectivity index (χ1) is 12.8. The van der Waals surface area contributed by atoms with E-state index in [1.54, 1.807) is 17.5 Å². The molecular weight excluding hydrogens is 346 g/mol. The van der Waals surface area contributed by atoms with Crippen molar-refractivity contribution in [2.24, 2.45) is 5.92 Å². The molecule has 0 saturated carbocycles. The molecule has 0 unspecified atom stereocenters. The zero-order valence-corrected chi connectivity index (χ0v) is 15.2. The highest BCUT2D eigenvalue weighted by Gasteiger charge is 2.26. The second kappa shape index (κ2) is 7.80. The number of piperidine rings is 1. The van der Waals surface area contributed by atoms with Crippen LogP contribution in [0.15, 0.2) is 48.1 Å². The van der Waals surface area contributed by atoms with Gasteiger partial charge in [0, 0.05) is 30.0 Å². The van der Waals surface area contributed by atoms with E-state index in [4.69, 9.17) is 0 Å². The first-order valence-electron chi connectivity index (χ1n) is 8.79. The topological polar surface area (TPSA) is 73.9 Å². The highest BCUT2D eigenvalue weighted by Crippen LogP contribution is 2.23. The Morgan fingerprint density at radius 1 is 1.27 bits per heavy atom. The standard InChI is InChI=1S/C19H21N5OS/c25-19(15-2-1-10-24(12-15)13-18-20-9-11-26-18)22-16-5-3-14(4-6-16)17-7-8-21-23-17/h3-9,11,15H,1-2,10,12-13H2,(H,21,23)(H,22,25)/t15-/m1/s1. The third kappa shape index (κ3) is 4.00. The molecule has 1 aromatic carbocycles. The Hall–Kier alpha value is -2.51. The van der Waals surface area contributed by atoms with Crippen molar-refractivity contribution in [1.29, 1.82) is 0 Å². The normalized spacial score (nSPS) is 17.9. The molecule has 3 aromatic rings. The molecule has 0 bridgehead atoms. The van der Waals surface area contributed by atoms with E-state index in [-0.39, 0.29) is 11.8 Å². The average Bonchev–Trinajstić information content (AvgIpc) is 3.36. The molecule has 2 N–H and O–H groups in total. The number of benzene rings is 1. The van der Waals surface area contributed by atoms with Crippen molar-refractivity contribution < 1.29 is 4.79 Å². The molecule has 7 heteroatoms. The smallest absolute Gasteiger partial charge is 0.228 e. The van der Waals surface area contributed by atoms with Gasteiger partial charge in [0.1, 0.15) is 5.01 Å². The number of aromatic nitrogens is 3. The molecule has 1 aliphatic heterocycles. The molecule has 4 rings (SSSR count). The average molecular weight is 367 g/mol. The summed E-state index contributed by atoms with van der Waals surface area (Å²) in [6.07, 6.45) is 5.54. The molecular formula is C19H21N5OS. The molecule has 3 heterocycles. The molecule has 0 aliphatic carbocycles. The van der Waals surface area contributed by atoms with Gasteiger partial charge in [0.05, 0.1) is 18.2 Å². The highest BCUT2D eigenvalue weighted by molar-refractivity contribution is 7.09. The molecule has 1 aliphatic rings. The van der Waals surface area contributed by atoms with Crippen LogP contribution >= 0.6 is 11.3 Å². The second-order valence-electron chi connectivity index (χ2n) is 6.54. The summed E-state index contributed by atoms with van der Waals surface area (Å²) in [6, 6.07) is 9.76. The molecule has 2 aromatic heterocycles. The van der Waals surface area contributed by atoms with Gasteiger partial charge in [-0.1, -0.05) is 12.1 Å². The lowest BCUT2D eigenvalue weighted by Crippen LogP contribution is -2.40. The van der Waals surface area contributed by atoms with E-state index < -0.39 is 0 Å². The van der Waals surface area contributed by atoms with Crippen LogP contribution < -0.4 is 5.32 Å². The van der Waals surface area contributed by atoms with E-state index >= 15 is 0 Å². The SMILES string of the molecule is O=C(Nc1ccc(-c2ccn[nH]2)cc1)[C@@H]1CCCN(Cc2nccs2)C1. The van der Waals surface area contributed by atoms with E-state index in [2.05, 4.69) is 25.4 Å². The van der Waals surface area contributed by atoms with E-state index in [1.165, 1.54) is 0 Å². The van der Waals surface area contributed by atoms with Gasteiger partial charge < -0.3 is 5.32 Å². The van der Waals surface area contributed by atoms with Crippen LogP contribution in [-0.4, -0.2) is 39.1 Å². The summed E-state index contributed by atoms with van der Waals surface area (Å²) in [6.45, 7) is 2.65. The Morgan fingerprint density at radius 2 is 2.15 bits per heavy atom. The monoisotopic (exact) mass is 367 g/mol. The third-order valence-electron chi connectivity index (χ3n) is 4.68. The number of nitrogens with zero attached hydrogens (tertiary/aromatic N) is 3. The third-order valence-corrected chi connectivity index (χ3v) is 5.45. The molecule has 1 amide bonds. The second-order valence-corrected chi connectivity index (χ2v) is 7.52. The fraction of sp³-hybridized carbons (Fsp3) is 0.316. The van der Waals surface area contributed by atoms with Crippen LogP contribution in [0.25, 0.3) is 11.3 Å². The van der Waals surface area contributed by atoms with Gasteiger partial charge in [0.2, 0.25) is 5.91 Å². The van der Waals surface area contributed by atoms with Crippen LogP contribution in [0.3, 0.4) is 0 Å². The van der Waals surface area contributed by atoms with Crippen molar-refractivity contribution in [2.45, 2.75) is 19.4 Å². The molecule has 1 saturated heterocycles. The van der Waals surface area contributed by atoms with Gasteiger partial charge >= 0.3 is 0 Å². The number of aromatic amines is 1.